The molecule has 2 aromatic carbocycles. The van der Waals surface area contributed by atoms with Gasteiger partial charge in [-0.15, -0.1) is 11.8 Å². The van der Waals surface area contributed by atoms with Crippen LogP contribution in [0.4, 0.5) is 27.8 Å². The van der Waals surface area contributed by atoms with Gasteiger partial charge in [0.05, 0.1) is 16.1 Å². The van der Waals surface area contributed by atoms with Crippen molar-refractivity contribution in [3.8, 4) is 11.1 Å². The van der Waals surface area contributed by atoms with Crippen LogP contribution in [0.15, 0.2) is 52.4 Å². The summed E-state index contributed by atoms with van der Waals surface area (Å²) in [6.45, 7) is 4.87. The highest BCUT2D eigenvalue weighted by Crippen LogP contribution is 2.50. The van der Waals surface area contributed by atoms with E-state index in [1.54, 1.807) is 24.5 Å². The lowest BCUT2D eigenvalue weighted by Gasteiger charge is -2.37. The Labute approximate surface area is 246 Å². The third-order valence-corrected chi connectivity index (χ3v) is 9.19. The van der Waals surface area contributed by atoms with E-state index in [-0.39, 0.29) is 51.9 Å². The van der Waals surface area contributed by atoms with Crippen LogP contribution in [0.1, 0.15) is 30.9 Å². The molecule has 0 unspecified atom stereocenters. The van der Waals surface area contributed by atoms with Crippen LogP contribution in [0, 0.1) is 11.6 Å². The minimum absolute atomic E-state index is 0.00885. The minimum Gasteiger partial charge on any atom is -0.353 e. The Morgan fingerprint density at radius 3 is 2.38 bits per heavy atom. The second-order valence-corrected chi connectivity index (χ2v) is 12.2. The Morgan fingerprint density at radius 2 is 1.71 bits per heavy atom. The van der Waals surface area contributed by atoms with Gasteiger partial charge in [-0.3, -0.25) is 9.55 Å². The smallest absolute Gasteiger partial charge is 0.353 e. The van der Waals surface area contributed by atoms with Gasteiger partial charge in [-0.2, -0.15) is 18.2 Å². The quantitative estimate of drug-likeness (QED) is 0.209. The fourth-order valence-corrected chi connectivity index (χ4v) is 7.49. The number of hydrogen-bond acceptors (Lipinski definition) is 6. The summed E-state index contributed by atoms with van der Waals surface area (Å²) >= 11 is 7.06. The molecule has 0 saturated carbocycles. The van der Waals surface area contributed by atoms with Crippen molar-refractivity contribution in [1.82, 2.24) is 19.9 Å². The second-order valence-electron chi connectivity index (χ2n) is 10.8. The molecule has 0 amide bonds. The van der Waals surface area contributed by atoms with Crippen molar-refractivity contribution in [1.29, 1.82) is 0 Å². The zero-order valence-electron chi connectivity index (χ0n) is 22.5. The topological polar surface area (TPSA) is 63.1 Å². The first kappa shape index (κ1) is 28.9. The number of benzene rings is 2. The van der Waals surface area contributed by atoms with Crippen molar-refractivity contribution in [3.63, 3.8) is 0 Å². The van der Waals surface area contributed by atoms with Crippen LogP contribution in [0.3, 0.4) is 0 Å². The van der Waals surface area contributed by atoms with Gasteiger partial charge < -0.3 is 10.2 Å². The van der Waals surface area contributed by atoms with Crippen molar-refractivity contribution in [2.45, 2.75) is 49.5 Å². The van der Waals surface area contributed by atoms with Gasteiger partial charge in [0.1, 0.15) is 17.5 Å². The maximum absolute atomic E-state index is 15.3. The number of pyridine rings is 1. The molecule has 1 fully saturated rings. The summed E-state index contributed by atoms with van der Waals surface area (Å²) in [5.41, 5.74) is -1.65. The van der Waals surface area contributed by atoms with E-state index < -0.39 is 45.2 Å². The Balaban J connectivity index is 1.71. The largest absolute Gasteiger partial charge is 0.417 e. The molecule has 42 heavy (non-hydrogen) atoms. The van der Waals surface area contributed by atoms with E-state index >= 15 is 4.39 Å². The molecule has 0 bridgehead atoms. The Morgan fingerprint density at radius 1 is 1.02 bits per heavy atom. The average molecular weight is 622 g/mol. The number of halogens is 6. The molecule has 3 atom stereocenters. The standard InChI is InChI=1S/C29H25ClF5N5OS/c1-14-10-39(11-15(2)37-14)27-19-7-20(29(33,34)35)24(18-8-21(30)23(32)9-22(18)31)26-25(19)40(28(41)38-27)12-17(13-42-26)16-3-5-36-6-4-16/h3-9,14-15,17,37H,10-13H2,1-2H3/t14-,15+,17-/m0/s1. The van der Waals surface area contributed by atoms with E-state index in [1.807, 2.05) is 18.7 Å². The molecule has 0 aliphatic carbocycles. The highest BCUT2D eigenvalue weighted by atomic mass is 35.5. The van der Waals surface area contributed by atoms with Gasteiger partial charge in [-0.1, -0.05) is 11.6 Å². The third-order valence-electron chi connectivity index (χ3n) is 7.65. The number of hydrogen-bond donors (Lipinski definition) is 1. The number of aromatic nitrogens is 3. The van der Waals surface area contributed by atoms with Crippen molar-refractivity contribution < 1.29 is 22.0 Å². The van der Waals surface area contributed by atoms with Gasteiger partial charge in [-0.25, -0.2) is 13.6 Å². The Bertz CT molecular complexity index is 1740. The summed E-state index contributed by atoms with van der Waals surface area (Å²) in [7, 11) is 0. The number of rotatable bonds is 3. The van der Waals surface area contributed by atoms with E-state index in [4.69, 9.17) is 11.6 Å². The molecule has 2 aromatic heterocycles. The third kappa shape index (κ3) is 5.13. The van der Waals surface area contributed by atoms with Gasteiger partial charge >= 0.3 is 11.9 Å². The van der Waals surface area contributed by atoms with Gasteiger partial charge in [0.25, 0.3) is 0 Å². The molecule has 2 aliphatic rings. The summed E-state index contributed by atoms with van der Waals surface area (Å²) in [6.07, 6.45) is -1.71. The predicted molar refractivity (Wildman–Crippen MR) is 153 cm³/mol. The molecule has 13 heteroatoms. The van der Waals surface area contributed by atoms with E-state index in [0.717, 1.165) is 29.5 Å². The molecule has 1 saturated heterocycles. The fraction of sp³-hybridized carbons (Fsp3) is 0.345. The Hall–Kier alpha value is -3.22. The van der Waals surface area contributed by atoms with Crippen LogP contribution in [-0.2, 0) is 12.7 Å². The highest BCUT2D eigenvalue weighted by molar-refractivity contribution is 7.99. The highest BCUT2D eigenvalue weighted by Gasteiger charge is 2.39. The number of anilines is 1. The van der Waals surface area contributed by atoms with E-state index in [9.17, 15) is 22.4 Å². The lowest BCUT2D eigenvalue weighted by Crippen LogP contribution is -2.55. The monoisotopic (exact) mass is 621 g/mol. The van der Waals surface area contributed by atoms with Crippen LogP contribution >= 0.6 is 23.4 Å². The molecule has 0 radical (unpaired) electrons. The summed E-state index contributed by atoms with van der Waals surface area (Å²) < 4.78 is 75.4. The second kappa shape index (κ2) is 10.8. The van der Waals surface area contributed by atoms with Crippen LogP contribution < -0.4 is 15.9 Å². The molecule has 6 nitrogen and oxygen atoms in total. The summed E-state index contributed by atoms with van der Waals surface area (Å²) in [6, 6.07) is 5.84. The molecule has 0 spiro atoms. The lowest BCUT2D eigenvalue weighted by molar-refractivity contribution is -0.137. The molecule has 4 aromatic rings. The number of nitrogens with one attached hydrogen (secondary N) is 1. The first-order valence-electron chi connectivity index (χ1n) is 13.3. The first-order valence-corrected chi connectivity index (χ1v) is 14.7. The molecule has 4 heterocycles. The molecule has 220 valence electrons. The van der Waals surface area contributed by atoms with E-state index in [2.05, 4.69) is 15.3 Å². The molecular formula is C29H25ClF5N5OS. The maximum Gasteiger partial charge on any atom is 0.417 e. The summed E-state index contributed by atoms with van der Waals surface area (Å²) in [5, 5.41) is 3.00. The minimum atomic E-state index is -4.92. The molecule has 1 N–H and O–H groups in total. The zero-order valence-corrected chi connectivity index (χ0v) is 24.0. The van der Waals surface area contributed by atoms with Crippen LogP contribution in [0.2, 0.25) is 5.02 Å². The molecule has 6 rings (SSSR count). The molecular weight excluding hydrogens is 597 g/mol. The van der Waals surface area contributed by atoms with Crippen LogP contribution in [0.5, 0.6) is 0 Å². The number of alkyl halides is 3. The first-order chi connectivity index (χ1) is 19.9. The van der Waals surface area contributed by atoms with Crippen molar-refractivity contribution in [2.24, 2.45) is 0 Å². The lowest BCUT2D eigenvalue weighted by atomic mass is 9.95. The van der Waals surface area contributed by atoms with Gasteiger partial charge in [-0.05, 0) is 43.7 Å². The normalized spacial score (nSPS) is 21.0. The van der Waals surface area contributed by atoms with Crippen LogP contribution in [-0.4, -0.2) is 45.5 Å². The summed E-state index contributed by atoms with van der Waals surface area (Å²) in [5.74, 6) is -2.15. The zero-order chi connectivity index (χ0) is 29.9. The van der Waals surface area contributed by atoms with Crippen molar-refractivity contribution in [3.05, 3.63) is 81.0 Å². The average Bonchev–Trinajstić information content (AvgIpc) is 3.13. The number of piperazine rings is 1. The van der Waals surface area contributed by atoms with Gasteiger partial charge in [0.2, 0.25) is 0 Å². The predicted octanol–water partition coefficient (Wildman–Crippen LogP) is 6.49. The van der Waals surface area contributed by atoms with Gasteiger partial charge in [0.15, 0.2) is 0 Å². The van der Waals surface area contributed by atoms with Crippen molar-refractivity contribution in [2.75, 3.05) is 23.7 Å². The van der Waals surface area contributed by atoms with Crippen LogP contribution in [0.25, 0.3) is 22.0 Å². The fourth-order valence-electron chi connectivity index (χ4n) is 5.94. The number of nitrogens with zero attached hydrogens (tertiary/aromatic N) is 4. The Kier molecular flexibility index (Phi) is 7.43. The SMILES string of the molecule is C[C@@H]1CN(c2nc(=O)n3c4c(c(-c5cc(Cl)c(F)cc5F)c(C(F)(F)F)cc24)SC[C@@H](c2ccncc2)C3)C[C@H](C)N1. The van der Waals surface area contributed by atoms with E-state index in [1.165, 1.54) is 4.57 Å². The van der Waals surface area contributed by atoms with E-state index in [0.29, 0.717) is 19.2 Å². The van der Waals surface area contributed by atoms with Gasteiger partial charge in [0, 0.05) is 83.3 Å². The molecule has 2 aliphatic heterocycles. The maximum atomic E-state index is 15.3. The summed E-state index contributed by atoms with van der Waals surface area (Å²) in [4.78, 5) is 24.0. The number of thioether (sulfide) groups is 1. The van der Waals surface area contributed by atoms with Crippen molar-refractivity contribution >= 4 is 40.1 Å².